The third-order valence-corrected chi connectivity index (χ3v) is 10.4. The third kappa shape index (κ3) is 2.02. The SMILES string of the molecule is CC1(C)C2CCC1(C)C(C(=O)OOC(=O)C1CC3CCC1(C)C3(C)C)C2. The summed E-state index contributed by atoms with van der Waals surface area (Å²) in [4.78, 5) is 35.7. The van der Waals surface area contributed by atoms with Gasteiger partial charge in [0.05, 0.1) is 11.8 Å². The van der Waals surface area contributed by atoms with Gasteiger partial charge < -0.3 is 0 Å². The zero-order chi connectivity index (χ0) is 19.1. The molecule has 4 rings (SSSR count). The zero-order valence-corrected chi connectivity index (χ0v) is 17.2. The van der Waals surface area contributed by atoms with Gasteiger partial charge in [0.25, 0.3) is 0 Å². The Morgan fingerprint density at radius 1 is 0.692 bits per heavy atom. The van der Waals surface area contributed by atoms with Crippen molar-refractivity contribution in [2.45, 2.75) is 80.1 Å². The average molecular weight is 363 g/mol. The molecular weight excluding hydrogens is 328 g/mol. The fourth-order valence-corrected chi connectivity index (χ4v) is 7.32. The van der Waals surface area contributed by atoms with Gasteiger partial charge in [-0.2, -0.15) is 0 Å². The Balaban J connectivity index is 1.40. The Morgan fingerprint density at radius 2 is 1.04 bits per heavy atom. The lowest BCUT2D eigenvalue weighted by molar-refractivity contribution is -0.270. The second-order valence-corrected chi connectivity index (χ2v) is 11.1. The highest BCUT2D eigenvalue weighted by Crippen LogP contribution is 2.69. The van der Waals surface area contributed by atoms with Crippen LogP contribution in [0.15, 0.2) is 0 Å². The summed E-state index contributed by atoms with van der Waals surface area (Å²) in [5.74, 6) is 0.122. The Hall–Kier alpha value is -1.06. The molecule has 0 radical (unpaired) electrons. The minimum Gasteiger partial charge on any atom is -0.247 e. The molecule has 0 saturated heterocycles. The third-order valence-electron chi connectivity index (χ3n) is 10.4. The number of carbonyl (C=O) groups is 2. The number of carbonyl (C=O) groups excluding carboxylic acids is 2. The van der Waals surface area contributed by atoms with E-state index >= 15 is 0 Å². The molecule has 4 aliphatic carbocycles. The van der Waals surface area contributed by atoms with Crippen molar-refractivity contribution < 1.29 is 19.4 Å². The molecule has 146 valence electrons. The van der Waals surface area contributed by atoms with Crippen molar-refractivity contribution in [2.75, 3.05) is 0 Å². The number of hydrogen-bond donors (Lipinski definition) is 0. The first-order valence-corrected chi connectivity index (χ1v) is 10.4. The summed E-state index contributed by atoms with van der Waals surface area (Å²) in [6.45, 7) is 13.5. The molecule has 4 heteroatoms. The highest BCUT2D eigenvalue weighted by molar-refractivity contribution is 5.78. The highest BCUT2D eigenvalue weighted by Gasteiger charge is 2.65. The van der Waals surface area contributed by atoms with Crippen molar-refractivity contribution in [3.05, 3.63) is 0 Å². The zero-order valence-electron chi connectivity index (χ0n) is 17.2. The van der Waals surface area contributed by atoms with Crippen LogP contribution in [0, 0.1) is 45.3 Å². The Kier molecular flexibility index (Phi) is 3.70. The molecular formula is C22H34O4. The minimum atomic E-state index is -0.344. The van der Waals surface area contributed by atoms with Crippen LogP contribution < -0.4 is 0 Å². The Labute approximate surface area is 157 Å². The first-order chi connectivity index (χ1) is 11.9. The lowest BCUT2D eigenvalue weighted by atomic mass is 9.67. The van der Waals surface area contributed by atoms with Gasteiger partial charge in [-0.1, -0.05) is 41.5 Å². The van der Waals surface area contributed by atoms with E-state index in [-0.39, 0.29) is 45.4 Å². The van der Waals surface area contributed by atoms with Crippen LogP contribution in [0.1, 0.15) is 80.1 Å². The molecule has 4 fully saturated rings. The standard InChI is InChI=1S/C22H34O4/c1-19(2)13-7-9-21(19,5)15(11-13)17(23)25-26-18(24)16-12-14-8-10-22(16,6)20(14,3)4/h13-16H,7-12H2,1-6H3. The molecule has 4 saturated carbocycles. The van der Waals surface area contributed by atoms with Crippen LogP contribution in [0.2, 0.25) is 0 Å². The van der Waals surface area contributed by atoms with Gasteiger partial charge in [-0.25, -0.2) is 19.4 Å². The second kappa shape index (κ2) is 5.26. The maximum absolute atomic E-state index is 12.7. The molecule has 0 spiro atoms. The molecule has 6 unspecified atom stereocenters. The van der Waals surface area contributed by atoms with Crippen LogP contribution in [0.5, 0.6) is 0 Å². The van der Waals surface area contributed by atoms with Crippen LogP contribution in [-0.2, 0) is 19.4 Å². The number of fused-ring (bicyclic) bond motifs is 4. The monoisotopic (exact) mass is 362 g/mol. The van der Waals surface area contributed by atoms with E-state index in [1.54, 1.807) is 0 Å². The first-order valence-electron chi connectivity index (χ1n) is 10.4. The van der Waals surface area contributed by atoms with Crippen molar-refractivity contribution in [2.24, 2.45) is 45.3 Å². The summed E-state index contributed by atoms with van der Waals surface area (Å²) in [6.07, 6.45) is 6.18. The van der Waals surface area contributed by atoms with Crippen molar-refractivity contribution in [3.8, 4) is 0 Å². The van der Waals surface area contributed by atoms with E-state index in [0.717, 1.165) is 25.7 Å². The fourth-order valence-electron chi connectivity index (χ4n) is 7.32. The Morgan fingerprint density at radius 3 is 1.27 bits per heavy atom. The highest BCUT2D eigenvalue weighted by atomic mass is 17.2. The van der Waals surface area contributed by atoms with Gasteiger partial charge in [-0.05, 0) is 72.0 Å². The van der Waals surface area contributed by atoms with Gasteiger partial charge in [0.1, 0.15) is 0 Å². The lowest BCUT2D eigenvalue weighted by Crippen LogP contribution is -2.39. The molecule has 0 aliphatic heterocycles. The van der Waals surface area contributed by atoms with E-state index in [0.29, 0.717) is 11.8 Å². The molecule has 0 N–H and O–H groups in total. The van der Waals surface area contributed by atoms with E-state index in [1.807, 2.05) is 0 Å². The van der Waals surface area contributed by atoms with Crippen molar-refractivity contribution in [1.82, 2.24) is 0 Å². The number of rotatable bonds is 2. The van der Waals surface area contributed by atoms with Gasteiger partial charge in [0.15, 0.2) is 0 Å². The summed E-state index contributed by atoms with van der Waals surface area (Å²) < 4.78 is 0. The molecule has 6 atom stereocenters. The predicted octanol–water partition coefficient (Wildman–Crippen LogP) is 4.91. The second-order valence-electron chi connectivity index (χ2n) is 11.1. The van der Waals surface area contributed by atoms with Crippen LogP contribution in [0.4, 0.5) is 0 Å². The van der Waals surface area contributed by atoms with Gasteiger partial charge in [-0.3, -0.25) is 0 Å². The van der Waals surface area contributed by atoms with E-state index in [4.69, 9.17) is 9.78 Å². The molecule has 26 heavy (non-hydrogen) atoms. The van der Waals surface area contributed by atoms with Crippen LogP contribution in [0.25, 0.3) is 0 Å². The van der Waals surface area contributed by atoms with Gasteiger partial charge in [0.2, 0.25) is 0 Å². The topological polar surface area (TPSA) is 52.6 Å². The summed E-state index contributed by atoms with van der Waals surface area (Å²) in [6, 6.07) is 0. The quantitative estimate of drug-likeness (QED) is 0.517. The summed E-state index contributed by atoms with van der Waals surface area (Å²) in [7, 11) is 0. The molecule has 0 aromatic carbocycles. The van der Waals surface area contributed by atoms with Crippen LogP contribution in [-0.4, -0.2) is 11.9 Å². The number of hydrogen-bond acceptors (Lipinski definition) is 4. The Bertz CT molecular complexity index is 595. The largest absolute Gasteiger partial charge is 0.359 e. The lowest BCUT2D eigenvalue weighted by Gasteiger charge is -2.38. The van der Waals surface area contributed by atoms with Crippen molar-refractivity contribution in [1.29, 1.82) is 0 Å². The predicted molar refractivity (Wildman–Crippen MR) is 97.6 cm³/mol. The maximum atomic E-state index is 12.7. The molecule has 4 nitrogen and oxygen atoms in total. The van der Waals surface area contributed by atoms with E-state index in [1.165, 1.54) is 12.8 Å². The fraction of sp³-hybridized carbons (Fsp3) is 0.909. The van der Waals surface area contributed by atoms with E-state index < -0.39 is 0 Å². The molecule has 0 aromatic heterocycles. The van der Waals surface area contributed by atoms with Crippen LogP contribution in [0.3, 0.4) is 0 Å². The summed E-state index contributed by atoms with van der Waals surface area (Å²) in [5, 5.41) is 0. The van der Waals surface area contributed by atoms with Crippen molar-refractivity contribution in [3.63, 3.8) is 0 Å². The first kappa shape index (κ1) is 18.3. The minimum absolute atomic E-state index is 0.0540. The van der Waals surface area contributed by atoms with Crippen molar-refractivity contribution >= 4 is 11.9 Å². The maximum Gasteiger partial charge on any atom is 0.359 e. The summed E-state index contributed by atoms with van der Waals surface area (Å²) in [5.41, 5.74) is 0.175. The van der Waals surface area contributed by atoms with E-state index in [9.17, 15) is 9.59 Å². The normalized spacial score (nSPS) is 47.2. The molecule has 0 aromatic rings. The molecule has 4 aliphatic rings. The summed E-state index contributed by atoms with van der Waals surface area (Å²) >= 11 is 0. The average Bonchev–Trinajstić information content (AvgIpc) is 3.09. The van der Waals surface area contributed by atoms with E-state index in [2.05, 4.69) is 41.5 Å². The van der Waals surface area contributed by atoms with Crippen LogP contribution >= 0.6 is 0 Å². The van der Waals surface area contributed by atoms with Gasteiger partial charge in [-0.15, -0.1) is 0 Å². The molecule has 0 heterocycles. The van der Waals surface area contributed by atoms with Gasteiger partial charge in [0, 0.05) is 0 Å². The molecule has 0 amide bonds. The molecule has 4 bridgehead atoms. The van der Waals surface area contributed by atoms with Gasteiger partial charge >= 0.3 is 11.9 Å². The smallest absolute Gasteiger partial charge is 0.247 e.